The maximum absolute atomic E-state index is 13.3. The average molecular weight is 559 g/mol. The predicted octanol–water partition coefficient (Wildman–Crippen LogP) is 5.10. The number of benzene rings is 2. The Balaban J connectivity index is 1.25. The molecule has 3 aromatic rings. The standard InChI is InChI=1S/C26H25BrClN3O2S/c27-20-3-1-2-19(16-20)26(33)30-13-11-29(12-14-30)24(32)17-31-10-8-23-22(9-15-34-23)25(31)18-4-6-21(28)7-5-18/h1-7,9,15-16,25H,8,10-14,17H2. The van der Waals surface area contributed by atoms with Gasteiger partial charge < -0.3 is 9.80 Å². The molecule has 2 aliphatic heterocycles. The predicted molar refractivity (Wildman–Crippen MR) is 140 cm³/mol. The van der Waals surface area contributed by atoms with Crippen LogP contribution in [-0.4, -0.2) is 65.8 Å². The van der Waals surface area contributed by atoms with Crippen LogP contribution in [0.4, 0.5) is 0 Å². The Morgan fingerprint density at radius 2 is 1.71 bits per heavy atom. The Hall–Kier alpha value is -2.19. The number of carbonyl (C=O) groups excluding carboxylic acids is 2. The third kappa shape index (κ3) is 4.93. The van der Waals surface area contributed by atoms with Crippen LogP contribution in [0, 0.1) is 0 Å². The smallest absolute Gasteiger partial charge is 0.254 e. The second kappa shape index (κ2) is 10.2. The Morgan fingerprint density at radius 3 is 2.44 bits per heavy atom. The summed E-state index contributed by atoms with van der Waals surface area (Å²) in [5.41, 5.74) is 3.11. The third-order valence-corrected chi connectivity index (χ3v) is 8.32. The van der Waals surface area contributed by atoms with E-state index in [9.17, 15) is 9.59 Å². The summed E-state index contributed by atoms with van der Waals surface area (Å²) >= 11 is 11.3. The van der Waals surface area contributed by atoms with Crippen molar-refractivity contribution in [2.45, 2.75) is 12.5 Å². The first-order valence-electron chi connectivity index (χ1n) is 11.4. The van der Waals surface area contributed by atoms with Gasteiger partial charge in [0.05, 0.1) is 12.6 Å². The molecule has 2 aliphatic rings. The molecule has 1 saturated heterocycles. The van der Waals surface area contributed by atoms with E-state index in [0.717, 1.165) is 23.0 Å². The van der Waals surface area contributed by atoms with E-state index >= 15 is 0 Å². The van der Waals surface area contributed by atoms with Gasteiger partial charge in [0.25, 0.3) is 5.91 Å². The summed E-state index contributed by atoms with van der Waals surface area (Å²) in [6, 6.07) is 17.6. The molecule has 1 fully saturated rings. The van der Waals surface area contributed by atoms with E-state index in [1.54, 1.807) is 11.3 Å². The molecule has 2 aromatic carbocycles. The molecule has 0 aliphatic carbocycles. The first-order chi connectivity index (χ1) is 16.5. The molecule has 176 valence electrons. The van der Waals surface area contributed by atoms with E-state index in [1.807, 2.05) is 46.2 Å². The Bertz CT molecular complexity index is 1190. The zero-order valence-electron chi connectivity index (χ0n) is 18.6. The van der Waals surface area contributed by atoms with Crippen molar-refractivity contribution in [1.29, 1.82) is 0 Å². The molecule has 2 amide bonds. The highest BCUT2D eigenvalue weighted by Crippen LogP contribution is 2.38. The lowest BCUT2D eigenvalue weighted by Gasteiger charge is -2.39. The highest BCUT2D eigenvalue weighted by molar-refractivity contribution is 9.10. The van der Waals surface area contributed by atoms with E-state index in [2.05, 4.69) is 44.4 Å². The highest BCUT2D eigenvalue weighted by Gasteiger charge is 2.33. The quantitative estimate of drug-likeness (QED) is 0.448. The zero-order chi connectivity index (χ0) is 23.7. The van der Waals surface area contributed by atoms with Crippen molar-refractivity contribution < 1.29 is 9.59 Å². The lowest BCUT2D eigenvalue weighted by molar-refractivity contribution is -0.134. The number of hydrogen-bond donors (Lipinski definition) is 0. The molecule has 0 spiro atoms. The van der Waals surface area contributed by atoms with E-state index in [1.165, 1.54) is 10.4 Å². The number of rotatable bonds is 4. The number of piperazine rings is 1. The number of amides is 2. The van der Waals surface area contributed by atoms with Crippen LogP contribution < -0.4 is 0 Å². The molecule has 5 rings (SSSR count). The number of halogens is 2. The molecule has 1 aromatic heterocycles. The molecule has 0 saturated carbocycles. The largest absolute Gasteiger partial charge is 0.338 e. The second-order valence-corrected chi connectivity index (χ2v) is 11.0. The van der Waals surface area contributed by atoms with Gasteiger partial charge >= 0.3 is 0 Å². The molecule has 1 unspecified atom stereocenters. The van der Waals surface area contributed by atoms with Crippen molar-refractivity contribution >= 4 is 50.7 Å². The van der Waals surface area contributed by atoms with E-state index in [0.29, 0.717) is 43.3 Å². The minimum absolute atomic E-state index is 0.0113. The minimum Gasteiger partial charge on any atom is -0.338 e. The van der Waals surface area contributed by atoms with Gasteiger partial charge in [-0.1, -0.05) is 45.7 Å². The fraction of sp³-hybridized carbons (Fsp3) is 0.308. The summed E-state index contributed by atoms with van der Waals surface area (Å²) in [5, 5.41) is 2.85. The highest BCUT2D eigenvalue weighted by atomic mass is 79.9. The van der Waals surface area contributed by atoms with Gasteiger partial charge in [-0.2, -0.15) is 0 Å². The Labute approximate surface area is 217 Å². The molecule has 0 N–H and O–H groups in total. The average Bonchev–Trinajstić information content (AvgIpc) is 3.33. The van der Waals surface area contributed by atoms with Crippen LogP contribution in [0.25, 0.3) is 0 Å². The molecule has 0 radical (unpaired) electrons. The summed E-state index contributed by atoms with van der Waals surface area (Å²) in [7, 11) is 0. The normalized spacial score (nSPS) is 18.6. The molecule has 8 heteroatoms. The Morgan fingerprint density at radius 1 is 0.971 bits per heavy atom. The lowest BCUT2D eigenvalue weighted by Crippen LogP contribution is -2.53. The van der Waals surface area contributed by atoms with Gasteiger partial charge in [0.15, 0.2) is 0 Å². The number of fused-ring (bicyclic) bond motifs is 1. The minimum atomic E-state index is 0.0113. The summed E-state index contributed by atoms with van der Waals surface area (Å²) in [6.45, 7) is 3.41. The molecule has 34 heavy (non-hydrogen) atoms. The molecule has 5 nitrogen and oxygen atoms in total. The van der Waals surface area contributed by atoms with Gasteiger partial charge in [0, 0.05) is 52.7 Å². The summed E-state index contributed by atoms with van der Waals surface area (Å²) in [4.78, 5) is 33.5. The van der Waals surface area contributed by atoms with E-state index in [4.69, 9.17) is 11.6 Å². The molecule has 0 bridgehead atoms. The second-order valence-electron chi connectivity index (χ2n) is 8.66. The number of carbonyl (C=O) groups is 2. The summed E-state index contributed by atoms with van der Waals surface area (Å²) in [5.74, 6) is 0.129. The van der Waals surface area contributed by atoms with Crippen LogP contribution in [0.2, 0.25) is 5.02 Å². The van der Waals surface area contributed by atoms with Crippen LogP contribution in [-0.2, 0) is 11.2 Å². The summed E-state index contributed by atoms with van der Waals surface area (Å²) < 4.78 is 0.887. The fourth-order valence-electron chi connectivity index (χ4n) is 4.81. The lowest BCUT2D eigenvalue weighted by atomic mass is 9.93. The zero-order valence-corrected chi connectivity index (χ0v) is 21.8. The first kappa shape index (κ1) is 23.5. The van der Waals surface area contributed by atoms with Gasteiger partial charge in [-0.25, -0.2) is 0 Å². The van der Waals surface area contributed by atoms with Crippen molar-refractivity contribution in [3.63, 3.8) is 0 Å². The van der Waals surface area contributed by atoms with Crippen molar-refractivity contribution in [2.75, 3.05) is 39.3 Å². The van der Waals surface area contributed by atoms with Crippen molar-refractivity contribution in [3.05, 3.63) is 91.0 Å². The monoisotopic (exact) mass is 557 g/mol. The topological polar surface area (TPSA) is 43.9 Å². The van der Waals surface area contributed by atoms with E-state index in [-0.39, 0.29) is 17.9 Å². The van der Waals surface area contributed by atoms with Crippen LogP contribution in [0.15, 0.2) is 64.5 Å². The third-order valence-electron chi connectivity index (χ3n) is 6.58. The van der Waals surface area contributed by atoms with Crippen molar-refractivity contribution in [3.8, 4) is 0 Å². The number of hydrogen-bond acceptors (Lipinski definition) is 4. The molecular weight excluding hydrogens is 534 g/mol. The summed E-state index contributed by atoms with van der Waals surface area (Å²) in [6.07, 6.45) is 0.958. The van der Waals surface area contributed by atoms with Crippen LogP contribution in [0.3, 0.4) is 0 Å². The fourth-order valence-corrected chi connectivity index (χ4v) is 6.24. The van der Waals surface area contributed by atoms with Gasteiger partial charge in [0.2, 0.25) is 5.91 Å². The van der Waals surface area contributed by atoms with Gasteiger partial charge in [-0.3, -0.25) is 14.5 Å². The SMILES string of the molecule is O=C(CN1CCc2sccc2C1c1ccc(Cl)cc1)N1CCN(C(=O)c2cccc(Br)c2)CC1. The van der Waals surface area contributed by atoms with Crippen molar-refractivity contribution in [1.82, 2.24) is 14.7 Å². The number of nitrogens with zero attached hydrogens (tertiary/aromatic N) is 3. The van der Waals surface area contributed by atoms with E-state index < -0.39 is 0 Å². The van der Waals surface area contributed by atoms with Crippen LogP contribution >= 0.6 is 38.9 Å². The van der Waals surface area contributed by atoms with Gasteiger partial charge in [-0.15, -0.1) is 11.3 Å². The van der Waals surface area contributed by atoms with Crippen LogP contribution in [0.1, 0.15) is 32.4 Å². The Kier molecular flexibility index (Phi) is 7.06. The maximum Gasteiger partial charge on any atom is 0.254 e. The molecule has 1 atom stereocenters. The molecule has 3 heterocycles. The van der Waals surface area contributed by atoms with Gasteiger partial charge in [0.1, 0.15) is 0 Å². The first-order valence-corrected chi connectivity index (χ1v) is 13.4. The molecular formula is C26H25BrClN3O2S. The number of thiophene rings is 1. The van der Waals surface area contributed by atoms with Crippen molar-refractivity contribution in [2.24, 2.45) is 0 Å². The van der Waals surface area contributed by atoms with Gasteiger partial charge in [-0.05, 0) is 59.3 Å². The van der Waals surface area contributed by atoms with Crippen LogP contribution in [0.5, 0.6) is 0 Å². The maximum atomic E-state index is 13.3.